The number of thiazole rings is 1. The molecule has 0 bridgehead atoms. The van der Waals surface area contributed by atoms with E-state index in [1.807, 2.05) is 19.1 Å². The van der Waals surface area contributed by atoms with Gasteiger partial charge in [0.15, 0.2) is 27.2 Å². The van der Waals surface area contributed by atoms with Crippen LogP contribution in [0.3, 0.4) is 0 Å². The Kier molecular flexibility index (Phi) is 7.59. The molecule has 0 spiro atoms. The number of anilines is 1. The first-order chi connectivity index (χ1) is 17.4. The molecule has 1 aromatic carbocycles. The Morgan fingerprint density at radius 1 is 1.17 bits per heavy atom. The number of benzene rings is 1. The van der Waals surface area contributed by atoms with Crippen LogP contribution in [-0.4, -0.2) is 79.2 Å². The summed E-state index contributed by atoms with van der Waals surface area (Å²) in [6.45, 7) is 5.92. The molecule has 2 aromatic heterocycles. The second-order valence-electron chi connectivity index (χ2n) is 9.51. The number of hydrogen-bond donors (Lipinski definition) is 1. The van der Waals surface area contributed by atoms with Crippen LogP contribution < -0.4 is 14.8 Å². The molecule has 0 aliphatic carbocycles. The minimum atomic E-state index is -3.06. The van der Waals surface area contributed by atoms with E-state index in [-0.39, 0.29) is 17.5 Å². The number of ether oxygens (including phenoxy) is 2. The molecule has 1 unspecified atom stereocenters. The van der Waals surface area contributed by atoms with E-state index in [4.69, 9.17) is 19.4 Å². The molecular formula is C25H33N5O4S2. The SMILES string of the molecule is COc1cc2c(NC3CCCS(=O)(=O)C3)nc(-c3cnc(C)s3)nc2cc1OCCCN1CCCC1. The van der Waals surface area contributed by atoms with Gasteiger partial charge in [0, 0.05) is 30.2 Å². The van der Waals surface area contributed by atoms with E-state index >= 15 is 0 Å². The van der Waals surface area contributed by atoms with Crippen molar-refractivity contribution in [1.82, 2.24) is 19.9 Å². The molecule has 0 saturated carbocycles. The van der Waals surface area contributed by atoms with Gasteiger partial charge in [-0.2, -0.15) is 0 Å². The highest BCUT2D eigenvalue weighted by atomic mass is 32.2. The lowest BCUT2D eigenvalue weighted by Gasteiger charge is -2.24. The van der Waals surface area contributed by atoms with Gasteiger partial charge in [0.25, 0.3) is 0 Å². The van der Waals surface area contributed by atoms with Crippen molar-refractivity contribution in [3.05, 3.63) is 23.3 Å². The average molecular weight is 532 g/mol. The van der Waals surface area contributed by atoms with Gasteiger partial charge in [0.1, 0.15) is 5.82 Å². The number of aromatic nitrogens is 3. The molecule has 36 heavy (non-hydrogen) atoms. The summed E-state index contributed by atoms with van der Waals surface area (Å²) in [4.78, 5) is 17.3. The molecule has 5 rings (SSSR count). The van der Waals surface area contributed by atoms with E-state index in [0.29, 0.717) is 41.7 Å². The second-order valence-corrected chi connectivity index (χ2v) is 13.0. The van der Waals surface area contributed by atoms with Crippen LogP contribution in [0.4, 0.5) is 5.82 Å². The Labute approximate surface area is 216 Å². The fourth-order valence-electron chi connectivity index (χ4n) is 4.90. The minimum Gasteiger partial charge on any atom is -0.493 e. The van der Waals surface area contributed by atoms with Crippen LogP contribution in [0.5, 0.6) is 11.5 Å². The van der Waals surface area contributed by atoms with Gasteiger partial charge in [-0.3, -0.25) is 0 Å². The fourth-order valence-corrected chi connectivity index (χ4v) is 7.25. The van der Waals surface area contributed by atoms with Gasteiger partial charge in [-0.15, -0.1) is 11.3 Å². The van der Waals surface area contributed by atoms with Crippen LogP contribution in [0.15, 0.2) is 18.3 Å². The summed E-state index contributed by atoms with van der Waals surface area (Å²) in [6, 6.07) is 3.57. The van der Waals surface area contributed by atoms with Crippen molar-refractivity contribution in [2.75, 3.05) is 50.2 Å². The van der Waals surface area contributed by atoms with Gasteiger partial charge >= 0.3 is 0 Å². The van der Waals surface area contributed by atoms with Gasteiger partial charge < -0.3 is 19.7 Å². The lowest BCUT2D eigenvalue weighted by atomic mass is 10.1. The lowest BCUT2D eigenvalue weighted by Crippen LogP contribution is -2.35. The Bertz CT molecular complexity index is 1320. The maximum Gasteiger partial charge on any atom is 0.173 e. The smallest absolute Gasteiger partial charge is 0.173 e. The normalized spacial score (nSPS) is 20.0. The van der Waals surface area contributed by atoms with Gasteiger partial charge in [0.2, 0.25) is 0 Å². The topological polar surface area (TPSA) is 107 Å². The number of rotatable bonds is 9. The summed E-state index contributed by atoms with van der Waals surface area (Å²) in [6.07, 6.45) is 6.69. The van der Waals surface area contributed by atoms with Crippen molar-refractivity contribution >= 4 is 37.9 Å². The standard InChI is InChI=1S/C25H33N5O4S2/c1-17-26-15-23(35-17)25-28-20-14-22(34-11-6-10-30-8-3-4-9-30)21(33-2)13-19(20)24(29-25)27-18-7-5-12-36(31,32)16-18/h13-15,18H,3-12,16H2,1-2H3,(H,27,28,29). The fraction of sp³-hybridized carbons (Fsp3) is 0.560. The Hall–Kier alpha value is -2.50. The van der Waals surface area contributed by atoms with Crippen LogP contribution >= 0.6 is 11.3 Å². The van der Waals surface area contributed by atoms with E-state index in [9.17, 15) is 8.42 Å². The van der Waals surface area contributed by atoms with Crippen LogP contribution in [-0.2, 0) is 9.84 Å². The monoisotopic (exact) mass is 531 g/mol. The maximum absolute atomic E-state index is 12.2. The molecule has 1 N–H and O–H groups in total. The molecule has 11 heteroatoms. The van der Waals surface area contributed by atoms with Gasteiger partial charge in [-0.05, 0) is 58.2 Å². The summed E-state index contributed by atoms with van der Waals surface area (Å²) in [5, 5.41) is 5.10. The molecular weight excluding hydrogens is 498 g/mol. The quantitative estimate of drug-likeness (QED) is 0.411. The zero-order chi connectivity index (χ0) is 25.1. The van der Waals surface area contributed by atoms with E-state index in [1.165, 1.54) is 37.3 Å². The molecule has 2 saturated heterocycles. The number of hydrogen-bond acceptors (Lipinski definition) is 10. The Morgan fingerprint density at radius 2 is 2.00 bits per heavy atom. The first-order valence-electron chi connectivity index (χ1n) is 12.5. The van der Waals surface area contributed by atoms with Crippen LogP contribution in [0.1, 0.15) is 37.1 Å². The summed E-state index contributed by atoms with van der Waals surface area (Å²) in [5.74, 6) is 2.74. The molecule has 3 aromatic rings. The van der Waals surface area contributed by atoms with Gasteiger partial charge in [0.05, 0.1) is 40.6 Å². The molecule has 2 aliphatic rings. The van der Waals surface area contributed by atoms with Crippen molar-refractivity contribution in [1.29, 1.82) is 0 Å². The van der Waals surface area contributed by atoms with Crippen molar-refractivity contribution in [3.8, 4) is 22.2 Å². The van der Waals surface area contributed by atoms with Gasteiger partial charge in [-0.25, -0.2) is 23.4 Å². The summed E-state index contributed by atoms with van der Waals surface area (Å²) >= 11 is 1.52. The highest BCUT2D eigenvalue weighted by Crippen LogP contribution is 2.37. The predicted octanol–water partition coefficient (Wildman–Crippen LogP) is 3.92. The van der Waals surface area contributed by atoms with Crippen molar-refractivity contribution < 1.29 is 17.9 Å². The van der Waals surface area contributed by atoms with Crippen LogP contribution in [0, 0.1) is 6.92 Å². The first-order valence-corrected chi connectivity index (χ1v) is 15.2. The molecule has 4 heterocycles. The van der Waals surface area contributed by atoms with Crippen molar-refractivity contribution in [2.24, 2.45) is 0 Å². The second kappa shape index (κ2) is 10.9. The highest BCUT2D eigenvalue weighted by Gasteiger charge is 2.26. The molecule has 0 amide bonds. The number of likely N-dealkylation sites (tertiary alicyclic amines) is 1. The lowest BCUT2D eigenvalue weighted by molar-refractivity contribution is 0.254. The van der Waals surface area contributed by atoms with Crippen LogP contribution in [0.2, 0.25) is 0 Å². The van der Waals surface area contributed by atoms with Crippen LogP contribution in [0.25, 0.3) is 21.6 Å². The number of nitrogens with zero attached hydrogens (tertiary/aromatic N) is 4. The van der Waals surface area contributed by atoms with Gasteiger partial charge in [-0.1, -0.05) is 0 Å². The highest BCUT2D eigenvalue weighted by molar-refractivity contribution is 7.91. The number of aryl methyl sites for hydroxylation is 1. The third-order valence-electron chi connectivity index (χ3n) is 6.70. The first kappa shape index (κ1) is 25.2. The third-order valence-corrected chi connectivity index (χ3v) is 9.43. The number of fused-ring (bicyclic) bond motifs is 1. The van der Waals surface area contributed by atoms with E-state index in [0.717, 1.165) is 34.7 Å². The average Bonchev–Trinajstić information content (AvgIpc) is 3.52. The largest absolute Gasteiger partial charge is 0.493 e. The molecule has 1 atom stereocenters. The maximum atomic E-state index is 12.2. The van der Waals surface area contributed by atoms with E-state index < -0.39 is 9.84 Å². The Morgan fingerprint density at radius 3 is 2.72 bits per heavy atom. The molecule has 0 radical (unpaired) electrons. The van der Waals surface area contributed by atoms with E-state index in [2.05, 4.69) is 15.2 Å². The zero-order valence-electron chi connectivity index (χ0n) is 20.8. The summed E-state index contributed by atoms with van der Waals surface area (Å²) in [7, 11) is -1.45. The Balaban J connectivity index is 1.45. The third kappa shape index (κ3) is 5.90. The molecule has 9 nitrogen and oxygen atoms in total. The number of sulfone groups is 1. The molecule has 2 aliphatic heterocycles. The predicted molar refractivity (Wildman–Crippen MR) is 143 cm³/mol. The summed E-state index contributed by atoms with van der Waals surface area (Å²) in [5.41, 5.74) is 0.711. The number of nitrogens with one attached hydrogen (secondary N) is 1. The van der Waals surface area contributed by atoms with Crippen molar-refractivity contribution in [3.63, 3.8) is 0 Å². The van der Waals surface area contributed by atoms with E-state index in [1.54, 1.807) is 13.3 Å². The molecule has 2 fully saturated rings. The molecule has 194 valence electrons. The summed E-state index contributed by atoms with van der Waals surface area (Å²) < 4.78 is 36.3. The minimum absolute atomic E-state index is 0.100. The number of methoxy groups -OCH3 is 1. The van der Waals surface area contributed by atoms with Crippen molar-refractivity contribution in [2.45, 2.75) is 45.1 Å². The zero-order valence-corrected chi connectivity index (χ0v) is 22.5.